The van der Waals surface area contributed by atoms with Crippen LogP contribution in [-0.2, 0) is 4.74 Å². The van der Waals surface area contributed by atoms with Gasteiger partial charge in [-0.25, -0.2) is 13.6 Å². The van der Waals surface area contributed by atoms with Crippen molar-refractivity contribution in [1.29, 1.82) is 0 Å². The van der Waals surface area contributed by atoms with Crippen molar-refractivity contribution in [1.82, 2.24) is 5.32 Å². The quantitative estimate of drug-likeness (QED) is 0.892. The molecule has 0 aliphatic carbocycles. The summed E-state index contributed by atoms with van der Waals surface area (Å²) in [5, 5.41) is 4.95. The number of carbonyl (C=O) groups excluding carboxylic acids is 1. The third kappa shape index (κ3) is 3.57. The van der Waals surface area contributed by atoms with Gasteiger partial charge in [0.05, 0.1) is 13.2 Å². The Kier molecular flexibility index (Phi) is 4.73. The maximum Gasteiger partial charge on any atom is 0.319 e. The van der Waals surface area contributed by atoms with Crippen LogP contribution in [0.2, 0.25) is 0 Å². The number of hydrogen-bond donors (Lipinski definition) is 2. The van der Waals surface area contributed by atoms with Crippen LogP contribution in [0.15, 0.2) is 12.1 Å². The first-order valence-corrected chi connectivity index (χ1v) is 6.29. The molecular weight excluding hydrogens is 270 g/mol. The fraction of sp³-hybridized carbons (Fsp3) is 0.462. The molecule has 110 valence electrons. The Morgan fingerprint density at radius 3 is 2.70 bits per heavy atom. The number of carbonyl (C=O) groups is 1. The van der Waals surface area contributed by atoms with E-state index in [9.17, 15) is 13.6 Å². The van der Waals surface area contributed by atoms with Gasteiger partial charge in [0.1, 0.15) is 0 Å². The number of rotatable bonds is 4. The number of methoxy groups -OCH3 is 1. The molecular formula is C13H16F2N2O3. The summed E-state index contributed by atoms with van der Waals surface area (Å²) < 4.78 is 36.8. The lowest BCUT2D eigenvalue weighted by Crippen LogP contribution is -2.35. The smallest absolute Gasteiger partial charge is 0.319 e. The van der Waals surface area contributed by atoms with Gasteiger partial charge in [0, 0.05) is 31.0 Å². The molecule has 5 nitrogen and oxygen atoms in total. The van der Waals surface area contributed by atoms with E-state index in [0.717, 1.165) is 25.0 Å². The van der Waals surface area contributed by atoms with E-state index in [0.29, 0.717) is 13.2 Å². The maximum atomic E-state index is 13.4. The van der Waals surface area contributed by atoms with Crippen molar-refractivity contribution < 1.29 is 23.0 Å². The molecule has 1 heterocycles. The van der Waals surface area contributed by atoms with Crippen LogP contribution in [-0.4, -0.2) is 32.4 Å². The second-order valence-corrected chi connectivity index (χ2v) is 4.44. The fourth-order valence-electron chi connectivity index (χ4n) is 2.01. The summed E-state index contributed by atoms with van der Waals surface area (Å²) in [5.74, 6) is -2.22. The predicted molar refractivity (Wildman–Crippen MR) is 68.9 cm³/mol. The summed E-state index contributed by atoms with van der Waals surface area (Å²) in [6.45, 7) is 1.07. The van der Waals surface area contributed by atoms with Crippen molar-refractivity contribution in [3.05, 3.63) is 23.8 Å². The van der Waals surface area contributed by atoms with Crippen LogP contribution in [0, 0.1) is 11.6 Å². The summed E-state index contributed by atoms with van der Waals surface area (Å²) in [5.41, 5.74) is 0.0191. The number of urea groups is 1. The van der Waals surface area contributed by atoms with E-state index in [-0.39, 0.29) is 11.8 Å². The van der Waals surface area contributed by atoms with E-state index in [1.807, 2.05) is 0 Å². The van der Waals surface area contributed by atoms with Crippen molar-refractivity contribution in [3.8, 4) is 5.75 Å². The van der Waals surface area contributed by atoms with Crippen molar-refractivity contribution in [2.45, 2.75) is 18.9 Å². The van der Waals surface area contributed by atoms with Gasteiger partial charge in [0.25, 0.3) is 0 Å². The molecule has 1 aliphatic heterocycles. The maximum absolute atomic E-state index is 13.4. The van der Waals surface area contributed by atoms with Crippen molar-refractivity contribution in [2.24, 2.45) is 0 Å². The monoisotopic (exact) mass is 286 g/mol. The van der Waals surface area contributed by atoms with Gasteiger partial charge in [-0.1, -0.05) is 0 Å². The zero-order valence-corrected chi connectivity index (χ0v) is 11.0. The molecule has 1 saturated heterocycles. The first-order chi connectivity index (χ1) is 9.60. The van der Waals surface area contributed by atoms with Crippen LogP contribution < -0.4 is 15.4 Å². The van der Waals surface area contributed by atoms with Crippen molar-refractivity contribution in [3.63, 3.8) is 0 Å². The third-order valence-electron chi connectivity index (χ3n) is 2.97. The molecule has 0 bridgehead atoms. The minimum atomic E-state index is -0.873. The highest BCUT2D eigenvalue weighted by Gasteiger charge is 2.17. The Morgan fingerprint density at radius 1 is 1.45 bits per heavy atom. The summed E-state index contributed by atoms with van der Waals surface area (Å²) in [7, 11) is 1.17. The molecule has 2 N–H and O–H groups in total. The van der Waals surface area contributed by atoms with Crippen LogP contribution in [0.5, 0.6) is 5.75 Å². The largest absolute Gasteiger partial charge is 0.491 e. The number of ether oxygens (including phenoxy) is 2. The van der Waals surface area contributed by atoms with Crippen LogP contribution in [0.25, 0.3) is 0 Å². The number of anilines is 1. The molecule has 0 unspecified atom stereocenters. The first-order valence-electron chi connectivity index (χ1n) is 6.29. The normalized spacial score (nSPS) is 17.9. The standard InChI is InChI=1S/C13H16F2N2O3/c1-19-12-10(14)5-8(6-11(12)15)17-13(18)16-7-9-3-2-4-20-9/h5-6,9H,2-4,7H2,1H3,(H2,16,17,18)/t9-/m0/s1. The topological polar surface area (TPSA) is 59.6 Å². The molecule has 0 aromatic heterocycles. The molecule has 2 amide bonds. The minimum absolute atomic E-state index is 0.00471. The Bertz CT molecular complexity index is 467. The zero-order chi connectivity index (χ0) is 14.5. The van der Waals surface area contributed by atoms with Crippen molar-refractivity contribution in [2.75, 3.05) is 25.6 Å². The molecule has 1 aromatic rings. The van der Waals surface area contributed by atoms with Gasteiger partial charge in [-0.3, -0.25) is 0 Å². The zero-order valence-electron chi connectivity index (χ0n) is 11.0. The van der Waals surface area contributed by atoms with E-state index in [1.54, 1.807) is 0 Å². The average molecular weight is 286 g/mol. The molecule has 0 saturated carbocycles. The molecule has 0 spiro atoms. The molecule has 2 rings (SSSR count). The lowest BCUT2D eigenvalue weighted by molar-refractivity contribution is 0.112. The van der Waals surface area contributed by atoms with Crippen LogP contribution in [0.4, 0.5) is 19.3 Å². The Balaban J connectivity index is 1.90. The van der Waals surface area contributed by atoms with Gasteiger partial charge >= 0.3 is 6.03 Å². The number of amides is 2. The minimum Gasteiger partial charge on any atom is -0.491 e. The highest BCUT2D eigenvalue weighted by Crippen LogP contribution is 2.25. The van der Waals surface area contributed by atoms with E-state index < -0.39 is 23.4 Å². The van der Waals surface area contributed by atoms with E-state index in [4.69, 9.17) is 4.74 Å². The fourth-order valence-corrected chi connectivity index (χ4v) is 2.01. The van der Waals surface area contributed by atoms with Crippen LogP contribution in [0.1, 0.15) is 12.8 Å². The number of benzene rings is 1. The Hall–Kier alpha value is -1.89. The molecule has 1 fully saturated rings. The van der Waals surface area contributed by atoms with Crippen LogP contribution in [0.3, 0.4) is 0 Å². The SMILES string of the molecule is COc1c(F)cc(NC(=O)NC[C@@H]2CCCO2)cc1F. The highest BCUT2D eigenvalue weighted by molar-refractivity contribution is 5.89. The molecule has 1 atom stereocenters. The molecule has 0 radical (unpaired) electrons. The molecule has 1 aromatic carbocycles. The van der Waals surface area contributed by atoms with Crippen LogP contribution >= 0.6 is 0 Å². The lowest BCUT2D eigenvalue weighted by atomic mass is 10.2. The molecule has 20 heavy (non-hydrogen) atoms. The second-order valence-electron chi connectivity index (χ2n) is 4.44. The Morgan fingerprint density at radius 2 is 2.15 bits per heavy atom. The number of nitrogens with one attached hydrogen (secondary N) is 2. The number of halogens is 2. The van der Waals surface area contributed by atoms with E-state index in [1.165, 1.54) is 7.11 Å². The Labute approximate surface area is 115 Å². The first kappa shape index (κ1) is 14.5. The van der Waals surface area contributed by atoms with Gasteiger partial charge < -0.3 is 20.1 Å². The van der Waals surface area contributed by atoms with Gasteiger partial charge in [-0.05, 0) is 12.8 Å². The summed E-state index contributed by atoms with van der Waals surface area (Å²) >= 11 is 0. The third-order valence-corrected chi connectivity index (χ3v) is 2.97. The van der Waals surface area contributed by atoms with Gasteiger partial charge in [-0.15, -0.1) is 0 Å². The second kappa shape index (κ2) is 6.51. The molecule has 7 heteroatoms. The van der Waals surface area contributed by atoms with E-state index in [2.05, 4.69) is 15.4 Å². The van der Waals surface area contributed by atoms with Gasteiger partial charge in [0.2, 0.25) is 0 Å². The number of hydrogen-bond acceptors (Lipinski definition) is 3. The van der Waals surface area contributed by atoms with Gasteiger partial charge in [0.15, 0.2) is 17.4 Å². The summed E-state index contributed by atoms with van der Waals surface area (Å²) in [6, 6.07) is 1.45. The van der Waals surface area contributed by atoms with Gasteiger partial charge in [-0.2, -0.15) is 0 Å². The summed E-state index contributed by atoms with van der Waals surface area (Å²) in [6.07, 6.45) is 1.87. The highest BCUT2D eigenvalue weighted by atomic mass is 19.1. The predicted octanol–water partition coefficient (Wildman–Crippen LogP) is 2.27. The average Bonchev–Trinajstić information content (AvgIpc) is 2.89. The lowest BCUT2D eigenvalue weighted by Gasteiger charge is -2.12. The molecule has 1 aliphatic rings. The van der Waals surface area contributed by atoms with E-state index >= 15 is 0 Å². The van der Waals surface area contributed by atoms with Crippen molar-refractivity contribution >= 4 is 11.7 Å². The summed E-state index contributed by atoms with van der Waals surface area (Å²) in [4.78, 5) is 11.6.